The topological polar surface area (TPSA) is 87.1 Å². The van der Waals surface area contributed by atoms with Crippen molar-refractivity contribution in [3.63, 3.8) is 0 Å². The molecule has 0 aromatic heterocycles. The molecular formula is C18H20BNO5. The fourth-order valence-corrected chi connectivity index (χ4v) is 2.23. The molecule has 0 heterocycles. The van der Waals surface area contributed by atoms with Gasteiger partial charge in [0.25, 0.3) is 0 Å². The van der Waals surface area contributed by atoms with Gasteiger partial charge in [0.1, 0.15) is 13.2 Å². The van der Waals surface area contributed by atoms with Crippen molar-refractivity contribution in [2.75, 3.05) is 6.54 Å². The lowest BCUT2D eigenvalue weighted by atomic mass is 9.80. The van der Waals surface area contributed by atoms with Crippen molar-refractivity contribution in [2.45, 2.75) is 20.1 Å². The lowest BCUT2D eigenvalue weighted by Gasteiger charge is -2.20. The number of hydrogen-bond acceptors (Lipinski definition) is 5. The van der Waals surface area contributed by atoms with Crippen LogP contribution >= 0.6 is 0 Å². The van der Waals surface area contributed by atoms with Gasteiger partial charge >= 0.3 is 13.1 Å². The summed E-state index contributed by atoms with van der Waals surface area (Å²) in [4.78, 5) is 25.1. The van der Waals surface area contributed by atoms with Gasteiger partial charge in [-0.05, 0) is 16.6 Å². The average Bonchev–Trinajstić information content (AvgIpc) is 2.60. The first kappa shape index (κ1) is 18.7. The normalized spacial score (nSPS) is 10.2. The number of carbonyl (C=O) groups is 2. The van der Waals surface area contributed by atoms with Gasteiger partial charge in [0.2, 0.25) is 5.91 Å². The predicted molar refractivity (Wildman–Crippen MR) is 93.6 cm³/mol. The molecule has 0 radical (unpaired) electrons. The first-order chi connectivity index (χ1) is 12.0. The van der Waals surface area contributed by atoms with Crippen LogP contribution in [0.1, 0.15) is 18.1 Å². The van der Waals surface area contributed by atoms with Crippen LogP contribution in [0.5, 0.6) is 0 Å². The first-order valence-electron chi connectivity index (χ1n) is 7.85. The summed E-state index contributed by atoms with van der Waals surface area (Å²) >= 11 is 0. The summed E-state index contributed by atoms with van der Waals surface area (Å²) in [6, 6.07) is 15.8. The van der Waals surface area contributed by atoms with E-state index in [0.717, 1.165) is 11.1 Å². The molecule has 2 rings (SSSR count). The molecule has 0 aliphatic heterocycles. The van der Waals surface area contributed by atoms with E-state index in [2.05, 4.69) is 0 Å². The Hall–Kier alpha value is -2.64. The van der Waals surface area contributed by atoms with Crippen LogP contribution < -0.4 is 5.46 Å². The number of carbonyl (C=O) groups excluding carboxylic acids is 2. The largest absolute Gasteiger partial charge is 0.488 e. The fourth-order valence-electron chi connectivity index (χ4n) is 2.23. The maximum absolute atomic E-state index is 12.0. The van der Waals surface area contributed by atoms with E-state index >= 15 is 0 Å². The Morgan fingerprint density at radius 2 is 1.64 bits per heavy atom. The summed E-state index contributed by atoms with van der Waals surface area (Å²) in [7, 11) is -1.54. The number of esters is 1. The van der Waals surface area contributed by atoms with Gasteiger partial charge in [-0.1, -0.05) is 54.6 Å². The molecule has 0 fully saturated rings. The minimum atomic E-state index is -1.54. The molecule has 6 nitrogen and oxygen atoms in total. The monoisotopic (exact) mass is 341 g/mol. The molecule has 0 aliphatic carbocycles. The van der Waals surface area contributed by atoms with E-state index in [1.54, 1.807) is 24.3 Å². The summed E-state index contributed by atoms with van der Waals surface area (Å²) < 4.78 is 5.20. The number of benzene rings is 2. The van der Waals surface area contributed by atoms with Crippen molar-refractivity contribution in [3.05, 3.63) is 65.7 Å². The Kier molecular flexibility index (Phi) is 6.74. The van der Waals surface area contributed by atoms with E-state index < -0.39 is 13.1 Å². The lowest BCUT2D eigenvalue weighted by molar-refractivity contribution is -0.150. The van der Waals surface area contributed by atoms with E-state index in [4.69, 9.17) is 14.8 Å². The zero-order chi connectivity index (χ0) is 18.2. The van der Waals surface area contributed by atoms with E-state index in [0.29, 0.717) is 5.46 Å². The molecule has 7 heteroatoms. The minimum absolute atomic E-state index is 0.146. The Labute approximate surface area is 146 Å². The van der Waals surface area contributed by atoms with E-state index in [1.807, 2.05) is 30.3 Å². The van der Waals surface area contributed by atoms with Crippen LogP contribution in [-0.2, 0) is 27.5 Å². The highest BCUT2D eigenvalue weighted by atomic mass is 16.5. The maximum Gasteiger partial charge on any atom is 0.488 e. The Morgan fingerprint density at radius 1 is 1.00 bits per heavy atom. The van der Waals surface area contributed by atoms with Crippen LogP contribution in [0.15, 0.2) is 54.6 Å². The van der Waals surface area contributed by atoms with Crippen LogP contribution in [0.4, 0.5) is 0 Å². The number of amides is 1. The molecule has 0 saturated carbocycles. The Balaban J connectivity index is 1.91. The van der Waals surface area contributed by atoms with Gasteiger partial charge < -0.3 is 19.7 Å². The van der Waals surface area contributed by atoms with Crippen LogP contribution in [0.25, 0.3) is 0 Å². The third-order valence-corrected chi connectivity index (χ3v) is 3.66. The smallest absolute Gasteiger partial charge is 0.459 e. The highest BCUT2D eigenvalue weighted by Crippen LogP contribution is 2.06. The molecule has 2 aromatic rings. The molecule has 2 N–H and O–H groups in total. The Bertz CT molecular complexity index is 703. The average molecular weight is 341 g/mol. The molecule has 1 amide bonds. The van der Waals surface area contributed by atoms with E-state index in [9.17, 15) is 9.59 Å². The van der Waals surface area contributed by atoms with Crippen LogP contribution in [-0.4, -0.2) is 40.5 Å². The van der Waals surface area contributed by atoms with Gasteiger partial charge in [-0.25, -0.2) is 0 Å². The molecule has 0 spiro atoms. The summed E-state index contributed by atoms with van der Waals surface area (Å²) in [5.41, 5.74) is 2.01. The van der Waals surface area contributed by atoms with Gasteiger partial charge in [-0.3, -0.25) is 9.59 Å². The molecule has 0 aliphatic rings. The molecule has 0 atom stereocenters. The maximum atomic E-state index is 12.0. The molecule has 25 heavy (non-hydrogen) atoms. The number of ether oxygens (including phenoxy) is 1. The molecule has 0 saturated heterocycles. The highest BCUT2D eigenvalue weighted by Gasteiger charge is 2.16. The fraction of sp³-hybridized carbons (Fsp3) is 0.222. The standard InChI is InChI=1S/C18H20BNO5/c1-14(21)20(11-15-7-9-17(10-8-15)19(23)24)12-18(22)25-13-16-5-3-2-4-6-16/h2-10,23-24H,11-13H2,1H3. The van der Waals surface area contributed by atoms with Crippen LogP contribution in [0.2, 0.25) is 0 Å². The zero-order valence-corrected chi connectivity index (χ0v) is 14.0. The van der Waals surface area contributed by atoms with Crippen molar-refractivity contribution in [1.82, 2.24) is 4.90 Å². The summed E-state index contributed by atoms with van der Waals surface area (Å²) in [5.74, 6) is -0.732. The third-order valence-electron chi connectivity index (χ3n) is 3.66. The van der Waals surface area contributed by atoms with E-state index in [-0.39, 0.29) is 25.6 Å². The van der Waals surface area contributed by atoms with Crippen molar-refractivity contribution < 1.29 is 24.4 Å². The second kappa shape index (κ2) is 9.01. The second-order valence-corrected chi connectivity index (χ2v) is 5.64. The summed E-state index contributed by atoms with van der Waals surface area (Å²) in [5, 5.41) is 18.2. The van der Waals surface area contributed by atoms with Crippen molar-refractivity contribution in [1.29, 1.82) is 0 Å². The zero-order valence-electron chi connectivity index (χ0n) is 14.0. The lowest BCUT2D eigenvalue weighted by Crippen LogP contribution is -2.34. The van der Waals surface area contributed by atoms with Crippen molar-refractivity contribution >= 4 is 24.5 Å². The molecule has 2 aromatic carbocycles. The Morgan fingerprint density at radius 3 is 2.20 bits per heavy atom. The summed E-state index contributed by atoms with van der Waals surface area (Å²) in [6.07, 6.45) is 0. The van der Waals surface area contributed by atoms with Crippen molar-refractivity contribution in [2.24, 2.45) is 0 Å². The van der Waals surface area contributed by atoms with Crippen LogP contribution in [0, 0.1) is 0 Å². The van der Waals surface area contributed by atoms with Gasteiger partial charge in [-0.2, -0.15) is 0 Å². The number of nitrogens with zero attached hydrogens (tertiary/aromatic N) is 1. The molecular weight excluding hydrogens is 321 g/mol. The number of rotatable bonds is 7. The minimum Gasteiger partial charge on any atom is -0.459 e. The van der Waals surface area contributed by atoms with Crippen LogP contribution in [0.3, 0.4) is 0 Å². The third kappa shape index (κ3) is 6.06. The first-order valence-corrected chi connectivity index (χ1v) is 7.85. The van der Waals surface area contributed by atoms with Crippen molar-refractivity contribution in [3.8, 4) is 0 Å². The molecule has 130 valence electrons. The second-order valence-electron chi connectivity index (χ2n) is 5.64. The van der Waals surface area contributed by atoms with E-state index in [1.165, 1.54) is 11.8 Å². The number of hydrogen-bond donors (Lipinski definition) is 2. The van der Waals surface area contributed by atoms with Gasteiger partial charge in [-0.15, -0.1) is 0 Å². The molecule has 0 bridgehead atoms. The SMILES string of the molecule is CC(=O)N(CC(=O)OCc1ccccc1)Cc1ccc(B(O)O)cc1. The van der Waals surface area contributed by atoms with Gasteiger partial charge in [0.15, 0.2) is 0 Å². The predicted octanol–water partition coefficient (Wildman–Crippen LogP) is 0.458. The van der Waals surface area contributed by atoms with Gasteiger partial charge in [0, 0.05) is 13.5 Å². The van der Waals surface area contributed by atoms with Gasteiger partial charge in [0.05, 0.1) is 0 Å². The highest BCUT2D eigenvalue weighted by molar-refractivity contribution is 6.58. The quantitative estimate of drug-likeness (QED) is 0.564. The summed E-state index contributed by atoms with van der Waals surface area (Å²) in [6.45, 7) is 1.63. The molecule has 0 unspecified atom stereocenters.